The number of benzene rings is 1. The van der Waals surface area contributed by atoms with Crippen LogP contribution in [0.15, 0.2) is 41.8 Å². The Morgan fingerprint density at radius 2 is 2.00 bits per heavy atom. The molecule has 4 nitrogen and oxygen atoms in total. The zero-order valence-electron chi connectivity index (χ0n) is 15.7. The Balaban J connectivity index is 1.30. The highest BCUT2D eigenvalue weighted by Crippen LogP contribution is 2.26. The highest BCUT2D eigenvalue weighted by molar-refractivity contribution is 7.10. The molecule has 2 aliphatic heterocycles. The second-order valence-corrected chi connectivity index (χ2v) is 8.77. The summed E-state index contributed by atoms with van der Waals surface area (Å²) in [6.07, 6.45) is 2.73. The van der Waals surface area contributed by atoms with Gasteiger partial charge in [0.25, 0.3) is 0 Å². The highest BCUT2D eigenvalue weighted by Gasteiger charge is 2.29. The van der Waals surface area contributed by atoms with Crippen molar-refractivity contribution in [2.75, 3.05) is 33.2 Å². The quantitative estimate of drug-likeness (QED) is 0.783. The van der Waals surface area contributed by atoms with Crippen LogP contribution in [0.25, 0.3) is 0 Å². The number of nitrogens with one attached hydrogen (secondary N) is 2. The first-order chi connectivity index (χ1) is 12.8. The lowest BCUT2D eigenvalue weighted by atomic mass is 9.94. The molecule has 2 N–H and O–H groups in total. The molecule has 0 spiro atoms. The van der Waals surface area contributed by atoms with Crippen LogP contribution in [0.5, 0.6) is 0 Å². The highest BCUT2D eigenvalue weighted by atomic mass is 32.1. The maximum atomic E-state index is 3.46. The van der Waals surface area contributed by atoms with E-state index in [9.17, 15) is 0 Å². The van der Waals surface area contributed by atoms with Crippen LogP contribution >= 0.6 is 11.3 Å². The summed E-state index contributed by atoms with van der Waals surface area (Å²) in [5.74, 6) is 0.589. The van der Waals surface area contributed by atoms with Gasteiger partial charge < -0.3 is 4.90 Å². The molecule has 0 saturated carbocycles. The van der Waals surface area contributed by atoms with Gasteiger partial charge in [0, 0.05) is 37.0 Å². The lowest BCUT2D eigenvalue weighted by Gasteiger charge is -2.24. The molecule has 26 heavy (non-hydrogen) atoms. The molecule has 4 rings (SSSR count). The van der Waals surface area contributed by atoms with Gasteiger partial charge in [0.05, 0.1) is 6.04 Å². The summed E-state index contributed by atoms with van der Waals surface area (Å²) in [5, 5.41) is 2.35. The normalized spacial score (nSPS) is 23.9. The van der Waals surface area contributed by atoms with E-state index < -0.39 is 0 Å². The van der Waals surface area contributed by atoms with Crippen molar-refractivity contribution >= 4 is 11.3 Å². The summed E-state index contributed by atoms with van der Waals surface area (Å²) < 4.78 is 0. The Labute approximate surface area is 161 Å². The minimum absolute atomic E-state index is 0.396. The largest absolute Gasteiger partial charge is 0.301 e. The van der Waals surface area contributed by atoms with Crippen molar-refractivity contribution in [1.29, 1.82) is 0 Å². The topological polar surface area (TPSA) is 30.5 Å². The standard InChI is InChI=1S/C21H30N4S/c1-24(14-19-12-22-23-21(19)18-7-3-2-4-8-18)15-20-11-17(16-26-20)13-25-9-5-6-10-25/h2-4,7-8,11,16,19,21-23H,5-6,9-10,12-15H2,1H3. The Morgan fingerprint density at radius 1 is 1.19 bits per heavy atom. The average Bonchev–Trinajstić information content (AvgIpc) is 3.39. The van der Waals surface area contributed by atoms with E-state index in [2.05, 4.69) is 69.5 Å². The molecule has 0 amide bonds. The van der Waals surface area contributed by atoms with Gasteiger partial charge >= 0.3 is 0 Å². The number of hydrogen-bond donors (Lipinski definition) is 2. The minimum atomic E-state index is 0.396. The number of hydrogen-bond acceptors (Lipinski definition) is 5. The average molecular weight is 371 g/mol. The number of nitrogens with zero attached hydrogens (tertiary/aromatic N) is 2. The first kappa shape index (κ1) is 18.1. The molecule has 140 valence electrons. The third-order valence-electron chi connectivity index (χ3n) is 5.54. The maximum absolute atomic E-state index is 3.46. The summed E-state index contributed by atoms with van der Waals surface area (Å²) in [5.41, 5.74) is 9.68. The van der Waals surface area contributed by atoms with E-state index >= 15 is 0 Å². The minimum Gasteiger partial charge on any atom is -0.301 e. The van der Waals surface area contributed by atoms with Gasteiger partial charge in [-0.25, -0.2) is 5.43 Å². The van der Waals surface area contributed by atoms with Gasteiger partial charge in [0.1, 0.15) is 0 Å². The van der Waals surface area contributed by atoms with Crippen molar-refractivity contribution in [1.82, 2.24) is 20.7 Å². The van der Waals surface area contributed by atoms with Crippen LogP contribution in [0, 0.1) is 5.92 Å². The summed E-state index contributed by atoms with van der Waals surface area (Å²) in [4.78, 5) is 6.54. The molecule has 2 aliphatic rings. The zero-order valence-corrected chi connectivity index (χ0v) is 16.5. The van der Waals surface area contributed by atoms with Gasteiger partial charge in [-0.1, -0.05) is 30.3 Å². The summed E-state index contributed by atoms with van der Waals surface area (Å²) in [7, 11) is 2.25. The van der Waals surface area contributed by atoms with E-state index in [0.717, 1.165) is 26.2 Å². The van der Waals surface area contributed by atoms with E-state index in [-0.39, 0.29) is 0 Å². The number of hydrazine groups is 1. The molecule has 0 aliphatic carbocycles. The van der Waals surface area contributed by atoms with Crippen LogP contribution in [0.4, 0.5) is 0 Å². The van der Waals surface area contributed by atoms with Gasteiger partial charge in [-0.3, -0.25) is 10.3 Å². The molecular weight excluding hydrogens is 340 g/mol. The Hall–Kier alpha value is -1.24. The molecule has 2 aromatic rings. The monoisotopic (exact) mass is 370 g/mol. The summed E-state index contributed by atoms with van der Waals surface area (Å²) in [6, 6.07) is 13.6. The van der Waals surface area contributed by atoms with Crippen LogP contribution in [0.3, 0.4) is 0 Å². The third kappa shape index (κ3) is 4.53. The third-order valence-corrected chi connectivity index (χ3v) is 6.51. The molecule has 1 aromatic heterocycles. The van der Waals surface area contributed by atoms with Crippen LogP contribution in [0.1, 0.15) is 34.9 Å². The van der Waals surface area contributed by atoms with Crippen molar-refractivity contribution in [3.63, 3.8) is 0 Å². The fraction of sp³-hybridized carbons (Fsp3) is 0.524. The van der Waals surface area contributed by atoms with Crippen LogP contribution in [0.2, 0.25) is 0 Å². The molecule has 3 heterocycles. The Kier molecular flexibility index (Phi) is 6.02. The Morgan fingerprint density at radius 3 is 2.81 bits per heavy atom. The molecule has 0 bridgehead atoms. The van der Waals surface area contributed by atoms with Gasteiger partial charge in [-0.2, -0.15) is 0 Å². The fourth-order valence-corrected chi connectivity index (χ4v) is 5.20. The van der Waals surface area contributed by atoms with Crippen molar-refractivity contribution in [2.24, 2.45) is 5.92 Å². The first-order valence-electron chi connectivity index (χ1n) is 9.78. The van der Waals surface area contributed by atoms with Gasteiger partial charge in [-0.15, -0.1) is 11.3 Å². The van der Waals surface area contributed by atoms with Crippen molar-refractivity contribution in [2.45, 2.75) is 32.0 Å². The molecule has 5 heteroatoms. The van der Waals surface area contributed by atoms with Crippen LogP contribution < -0.4 is 10.9 Å². The SMILES string of the molecule is CN(Cc1cc(CN2CCCC2)cs1)CC1CNNC1c1ccccc1. The second-order valence-electron chi connectivity index (χ2n) is 7.77. The first-order valence-corrected chi connectivity index (χ1v) is 10.7. The van der Waals surface area contributed by atoms with Gasteiger partial charge in [0.2, 0.25) is 0 Å². The molecule has 2 unspecified atom stereocenters. The van der Waals surface area contributed by atoms with Crippen molar-refractivity contribution < 1.29 is 0 Å². The molecule has 2 saturated heterocycles. The molecule has 0 radical (unpaired) electrons. The van der Waals surface area contributed by atoms with Gasteiger partial charge in [-0.05, 0) is 55.6 Å². The van der Waals surface area contributed by atoms with Crippen molar-refractivity contribution in [3.8, 4) is 0 Å². The Bertz CT molecular complexity index is 680. The molecular formula is C21H30N4S. The van der Waals surface area contributed by atoms with E-state index in [1.165, 1.54) is 41.9 Å². The molecule has 2 fully saturated rings. The smallest absolute Gasteiger partial charge is 0.0515 e. The maximum Gasteiger partial charge on any atom is 0.0515 e. The van der Waals surface area contributed by atoms with E-state index in [0.29, 0.717) is 12.0 Å². The lowest BCUT2D eigenvalue weighted by molar-refractivity contribution is 0.264. The lowest BCUT2D eigenvalue weighted by Crippen LogP contribution is -2.30. The van der Waals surface area contributed by atoms with Crippen molar-refractivity contribution in [3.05, 3.63) is 57.8 Å². The predicted molar refractivity (Wildman–Crippen MR) is 109 cm³/mol. The van der Waals surface area contributed by atoms with E-state index in [4.69, 9.17) is 0 Å². The summed E-state index contributed by atoms with van der Waals surface area (Å²) >= 11 is 1.92. The van der Waals surface area contributed by atoms with E-state index in [1.807, 2.05) is 11.3 Å². The number of rotatable bonds is 7. The predicted octanol–water partition coefficient (Wildman–Crippen LogP) is 3.24. The summed E-state index contributed by atoms with van der Waals surface area (Å²) in [6.45, 7) is 6.84. The fourth-order valence-electron chi connectivity index (χ4n) is 4.24. The number of thiophene rings is 1. The second kappa shape index (κ2) is 8.63. The zero-order chi connectivity index (χ0) is 17.8. The van der Waals surface area contributed by atoms with Crippen LogP contribution in [-0.2, 0) is 13.1 Å². The van der Waals surface area contributed by atoms with Gasteiger partial charge in [0.15, 0.2) is 0 Å². The molecule has 1 aromatic carbocycles. The molecule has 2 atom stereocenters. The van der Waals surface area contributed by atoms with Crippen LogP contribution in [-0.4, -0.2) is 43.0 Å². The van der Waals surface area contributed by atoms with E-state index in [1.54, 1.807) is 0 Å². The number of likely N-dealkylation sites (tertiary alicyclic amines) is 1.